The lowest BCUT2D eigenvalue weighted by atomic mass is 10.1. The van der Waals surface area contributed by atoms with Crippen molar-refractivity contribution in [2.75, 3.05) is 18.1 Å². The van der Waals surface area contributed by atoms with Gasteiger partial charge in [-0.1, -0.05) is 39.3 Å². The minimum Gasteiger partial charge on any atom is -0.481 e. The van der Waals surface area contributed by atoms with Crippen molar-refractivity contribution in [3.63, 3.8) is 0 Å². The van der Waals surface area contributed by atoms with Crippen LogP contribution in [0.1, 0.15) is 22.3 Å². The first-order valence-electron chi connectivity index (χ1n) is 5.90. The predicted molar refractivity (Wildman–Crippen MR) is 80.7 cm³/mol. The van der Waals surface area contributed by atoms with Gasteiger partial charge in [0.15, 0.2) is 0 Å². The molecule has 104 valence electrons. The van der Waals surface area contributed by atoms with E-state index in [0.29, 0.717) is 17.9 Å². The first-order valence-corrected chi connectivity index (χ1v) is 8.39. The van der Waals surface area contributed by atoms with Crippen LogP contribution in [0.15, 0.2) is 24.3 Å². The Kier molecular flexibility index (Phi) is 7.43. The molecule has 1 aromatic carbocycles. The van der Waals surface area contributed by atoms with Crippen molar-refractivity contribution in [1.29, 1.82) is 0 Å². The van der Waals surface area contributed by atoms with Crippen LogP contribution >= 0.6 is 21.6 Å². The molecule has 1 aromatic rings. The van der Waals surface area contributed by atoms with E-state index in [1.165, 1.54) is 10.8 Å². The molecule has 19 heavy (non-hydrogen) atoms. The quantitative estimate of drug-likeness (QED) is 0.570. The van der Waals surface area contributed by atoms with Crippen LogP contribution in [0.3, 0.4) is 0 Å². The van der Waals surface area contributed by atoms with Crippen LogP contribution in [-0.4, -0.2) is 35.0 Å². The molecular formula is C13H17NO3S2. The second kappa shape index (κ2) is 8.87. The van der Waals surface area contributed by atoms with E-state index in [2.05, 4.69) is 5.32 Å². The maximum atomic E-state index is 11.7. The minimum absolute atomic E-state index is 0.0730. The van der Waals surface area contributed by atoms with Crippen molar-refractivity contribution in [2.45, 2.75) is 13.3 Å². The van der Waals surface area contributed by atoms with Gasteiger partial charge in [0.25, 0.3) is 5.91 Å². The number of carboxylic acids is 1. The molecule has 0 unspecified atom stereocenters. The largest absolute Gasteiger partial charge is 0.481 e. The van der Waals surface area contributed by atoms with Crippen molar-refractivity contribution >= 4 is 33.5 Å². The standard InChI is InChI=1S/C13H17NO3S2/c1-10-2-4-11(5-3-10)13(17)14-7-9-19-18-8-6-12(15)16/h2-5H,6-9H2,1H3,(H,14,17)(H,15,16). The number of aryl methyl sites for hydroxylation is 1. The van der Waals surface area contributed by atoms with E-state index in [1.54, 1.807) is 22.9 Å². The molecule has 0 aliphatic rings. The Bertz CT molecular complexity index is 420. The van der Waals surface area contributed by atoms with E-state index in [-0.39, 0.29) is 12.3 Å². The molecule has 0 aliphatic carbocycles. The summed E-state index contributed by atoms with van der Waals surface area (Å²) in [6.45, 7) is 2.56. The Labute approximate surface area is 120 Å². The van der Waals surface area contributed by atoms with Gasteiger partial charge >= 0.3 is 5.97 Å². The van der Waals surface area contributed by atoms with Gasteiger partial charge in [-0.25, -0.2) is 0 Å². The summed E-state index contributed by atoms with van der Waals surface area (Å²) in [5.74, 6) is 0.505. The summed E-state index contributed by atoms with van der Waals surface area (Å²) >= 11 is 0. The van der Waals surface area contributed by atoms with Gasteiger partial charge in [0, 0.05) is 23.6 Å². The number of carboxylic acid groups (broad SMARTS) is 1. The first kappa shape index (κ1) is 15.9. The van der Waals surface area contributed by atoms with Gasteiger partial charge in [-0.3, -0.25) is 9.59 Å². The second-order valence-electron chi connectivity index (χ2n) is 3.91. The van der Waals surface area contributed by atoms with E-state index >= 15 is 0 Å². The summed E-state index contributed by atoms with van der Waals surface area (Å²) in [6, 6.07) is 7.43. The summed E-state index contributed by atoms with van der Waals surface area (Å²) in [5.41, 5.74) is 1.79. The normalized spacial score (nSPS) is 10.2. The smallest absolute Gasteiger partial charge is 0.304 e. The Morgan fingerprint density at radius 1 is 1.16 bits per heavy atom. The van der Waals surface area contributed by atoms with E-state index in [1.807, 2.05) is 19.1 Å². The number of amides is 1. The van der Waals surface area contributed by atoms with Gasteiger partial charge in [-0.2, -0.15) is 0 Å². The summed E-state index contributed by atoms with van der Waals surface area (Å²) in [6.07, 6.45) is 0.174. The fourth-order valence-corrected chi connectivity index (χ4v) is 3.15. The van der Waals surface area contributed by atoms with E-state index in [9.17, 15) is 9.59 Å². The SMILES string of the molecule is Cc1ccc(C(=O)NCCSSCCC(=O)O)cc1. The van der Waals surface area contributed by atoms with Gasteiger partial charge in [-0.15, -0.1) is 0 Å². The predicted octanol–water partition coefficient (Wildman–Crippen LogP) is 2.58. The van der Waals surface area contributed by atoms with Crippen LogP contribution in [0.2, 0.25) is 0 Å². The molecule has 0 aromatic heterocycles. The van der Waals surface area contributed by atoms with Gasteiger partial charge in [0.05, 0.1) is 6.42 Å². The minimum atomic E-state index is -0.777. The lowest BCUT2D eigenvalue weighted by Gasteiger charge is -2.05. The van der Waals surface area contributed by atoms with Crippen LogP contribution < -0.4 is 5.32 Å². The number of nitrogens with one attached hydrogen (secondary N) is 1. The van der Waals surface area contributed by atoms with Crippen LogP contribution in [0, 0.1) is 6.92 Å². The third-order valence-electron chi connectivity index (χ3n) is 2.27. The highest BCUT2D eigenvalue weighted by Gasteiger charge is 2.03. The number of hydrogen-bond donors (Lipinski definition) is 2. The Balaban J connectivity index is 2.11. The Morgan fingerprint density at radius 3 is 2.42 bits per heavy atom. The average molecular weight is 299 g/mol. The Hall–Kier alpha value is -1.14. The average Bonchev–Trinajstić information content (AvgIpc) is 2.38. The molecule has 0 aliphatic heterocycles. The summed E-state index contributed by atoms with van der Waals surface area (Å²) in [7, 11) is 3.09. The number of carbonyl (C=O) groups is 2. The molecule has 6 heteroatoms. The Morgan fingerprint density at radius 2 is 1.79 bits per heavy atom. The van der Waals surface area contributed by atoms with Gasteiger partial charge in [0.1, 0.15) is 0 Å². The first-order chi connectivity index (χ1) is 9.09. The monoisotopic (exact) mass is 299 g/mol. The molecule has 0 atom stereocenters. The maximum Gasteiger partial charge on any atom is 0.304 e. The van der Waals surface area contributed by atoms with Crippen molar-refractivity contribution in [2.24, 2.45) is 0 Å². The lowest BCUT2D eigenvalue weighted by molar-refractivity contribution is -0.136. The number of aliphatic carboxylic acids is 1. The third kappa shape index (κ3) is 7.12. The number of benzene rings is 1. The summed E-state index contributed by atoms with van der Waals surface area (Å²) < 4.78 is 0. The highest BCUT2D eigenvalue weighted by molar-refractivity contribution is 8.76. The van der Waals surface area contributed by atoms with Gasteiger partial charge < -0.3 is 10.4 Å². The summed E-state index contributed by atoms with van der Waals surface area (Å²) in [4.78, 5) is 22.0. The van der Waals surface area contributed by atoms with E-state index in [0.717, 1.165) is 11.3 Å². The zero-order chi connectivity index (χ0) is 14.1. The second-order valence-corrected chi connectivity index (χ2v) is 6.61. The third-order valence-corrected chi connectivity index (χ3v) is 4.68. The zero-order valence-electron chi connectivity index (χ0n) is 10.7. The molecule has 4 nitrogen and oxygen atoms in total. The number of hydrogen-bond acceptors (Lipinski definition) is 4. The van der Waals surface area contributed by atoms with Gasteiger partial charge in [-0.05, 0) is 19.1 Å². The van der Waals surface area contributed by atoms with Crippen LogP contribution in [0.25, 0.3) is 0 Å². The number of rotatable bonds is 8. The molecule has 0 radical (unpaired) electrons. The van der Waals surface area contributed by atoms with Crippen molar-refractivity contribution in [1.82, 2.24) is 5.32 Å². The van der Waals surface area contributed by atoms with E-state index < -0.39 is 5.97 Å². The molecule has 0 bridgehead atoms. The molecule has 0 saturated heterocycles. The molecule has 1 amide bonds. The topological polar surface area (TPSA) is 66.4 Å². The van der Waals surface area contributed by atoms with Crippen LogP contribution in [0.5, 0.6) is 0 Å². The molecule has 1 rings (SSSR count). The van der Waals surface area contributed by atoms with Crippen molar-refractivity contribution in [3.8, 4) is 0 Å². The molecule has 0 saturated carbocycles. The molecule has 0 spiro atoms. The number of carbonyl (C=O) groups excluding carboxylic acids is 1. The maximum absolute atomic E-state index is 11.7. The highest BCUT2D eigenvalue weighted by Crippen LogP contribution is 2.20. The molecule has 0 heterocycles. The van der Waals surface area contributed by atoms with E-state index in [4.69, 9.17) is 5.11 Å². The highest BCUT2D eigenvalue weighted by atomic mass is 33.1. The molecular weight excluding hydrogens is 282 g/mol. The lowest BCUT2D eigenvalue weighted by Crippen LogP contribution is -2.25. The zero-order valence-corrected chi connectivity index (χ0v) is 12.4. The van der Waals surface area contributed by atoms with Crippen LogP contribution in [0.4, 0.5) is 0 Å². The van der Waals surface area contributed by atoms with Gasteiger partial charge in [0.2, 0.25) is 0 Å². The fourth-order valence-electron chi connectivity index (χ4n) is 1.26. The van der Waals surface area contributed by atoms with Crippen molar-refractivity contribution < 1.29 is 14.7 Å². The molecule has 0 fully saturated rings. The van der Waals surface area contributed by atoms with Crippen molar-refractivity contribution in [3.05, 3.63) is 35.4 Å². The fraction of sp³-hybridized carbons (Fsp3) is 0.385. The van der Waals surface area contributed by atoms with Crippen LogP contribution in [-0.2, 0) is 4.79 Å². The molecule has 2 N–H and O–H groups in total. The summed E-state index contributed by atoms with van der Waals surface area (Å²) in [5, 5.41) is 11.3.